The van der Waals surface area contributed by atoms with Gasteiger partial charge in [0.2, 0.25) is 8.90 Å². The van der Waals surface area contributed by atoms with Crippen molar-refractivity contribution in [3.05, 3.63) is 89.0 Å². The molecule has 0 saturated heterocycles. The van der Waals surface area contributed by atoms with Crippen molar-refractivity contribution in [1.82, 2.24) is 4.22 Å². The van der Waals surface area contributed by atoms with E-state index in [1.807, 2.05) is 0 Å². The fourth-order valence-corrected chi connectivity index (χ4v) is 8.16. The molecule has 1 aromatic heterocycles. The van der Waals surface area contributed by atoms with E-state index in [-0.39, 0.29) is 0 Å². The van der Waals surface area contributed by atoms with Crippen molar-refractivity contribution in [2.75, 3.05) is 18.7 Å². The van der Waals surface area contributed by atoms with Gasteiger partial charge in [-0.1, -0.05) is 110 Å². The molecule has 0 saturated carbocycles. The number of benzene rings is 3. The third-order valence-corrected chi connectivity index (χ3v) is 9.86. The monoisotopic (exact) mass is 511 g/mol. The summed E-state index contributed by atoms with van der Waals surface area (Å²) in [6, 6.07) is 24.9. The Balaban J connectivity index is 2.22. The van der Waals surface area contributed by atoms with Gasteiger partial charge in [-0.3, -0.25) is 0 Å². The SMILES string of the molecule is CC(C)c1cccc(C(C)C)c1-n1c(-c2ccccc2)[n+](-c2c(C(C)C)cccc2C(C)C)[si-]1N(C)C. The van der Waals surface area contributed by atoms with Crippen LogP contribution in [-0.2, 0) is 0 Å². The molecular weight excluding hydrogens is 466 g/mol. The van der Waals surface area contributed by atoms with Gasteiger partial charge in [0, 0.05) is 19.7 Å². The van der Waals surface area contributed by atoms with E-state index < -0.39 is 8.90 Å². The van der Waals surface area contributed by atoms with E-state index in [9.17, 15) is 0 Å². The molecule has 0 aliphatic rings. The number of para-hydroxylation sites is 2. The van der Waals surface area contributed by atoms with E-state index in [2.05, 4.69) is 149 Å². The lowest BCUT2D eigenvalue weighted by atomic mass is 9.92. The highest BCUT2D eigenvalue weighted by Crippen LogP contribution is 2.36. The van der Waals surface area contributed by atoms with Crippen molar-refractivity contribution in [3.63, 3.8) is 0 Å². The maximum Gasteiger partial charge on any atom is 0.229 e. The van der Waals surface area contributed by atoms with E-state index in [1.54, 1.807) is 0 Å². The molecule has 3 nitrogen and oxygen atoms in total. The van der Waals surface area contributed by atoms with Crippen LogP contribution in [0.15, 0.2) is 66.7 Å². The molecule has 4 aromatic rings. The number of rotatable bonds is 8. The summed E-state index contributed by atoms with van der Waals surface area (Å²) in [6.45, 7) is 18.6. The first-order valence-corrected chi connectivity index (χ1v) is 15.2. The Morgan fingerprint density at radius 3 is 1.43 bits per heavy atom. The zero-order valence-corrected chi connectivity index (χ0v) is 25.5. The zero-order valence-electron chi connectivity index (χ0n) is 24.5. The number of hydrogen-bond donors (Lipinski definition) is 0. The van der Waals surface area contributed by atoms with Gasteiger partial charge in [0.25, 0.3) is 0 Å². The van der Waals surface area contributed by atoms with E-state index in [4.69, 9.17) is 0 Å². The minimum atomic E-state index is -1.30. The zero-order chi connectivity index (χ0) is 27.0. The second kappa shape index (κ2) is 10.9. The molecular formula is C33H45N3Si. The molecule has 4 rings (SSSR count). The minimum Gasteiger partial charge on any atom is -0.480 e. The second-order valence-corrected chi connectivity index (χ2v) is 14.1. The van der Waals surface area contributed by atoms with Gasteiger partial charge in [-0.05, 0) is 58.1 Å². The molecule has 37 heavy (non-hydrogen) atoms. The standard InChI is InChI=1S/C33H45N3Si/c1-22(2)27-18-14-19-28(23(3)4)31(27)35-33(26-16-12-11-13-17-26)36(37(35)34(9)10)32-29(24(5)6)20-15-21-30(32)25(7)8/h11-25H,1-10H3. The van der Waals surface area contributed by atoms with Gasteiger partial charge in [-0.25, -0.2) is 0 Å². The van der Waals surface area contributed by atoms with Crippen LogP contribution >= 0.6 is 0 Å². The number of hydrogen-bond acceptors (Lipinski definition) is 1. The summed E-state index contributed by atoms with van der Waals surface area (Å²) in [5.74, 6) is 3.09. The van der Waals surface area contributed by atoms with Gasteiger partial charge in [0.1, 0.15) is 5.82 Å². The third-order valence-electron chi connectivity index (χ3n) is 7.39. The van der Waals surface area contributed by atoms with Crippen molar-refractivity contribution in [3.8, 4) is 22.8 Å². The van der Waals surface area contributed by atoms with Crippen molar-refractivity contribution < 1.29 is 4.22 Å². The highest BCUT2D eigenvalue weighted by atomic mass is 28.3. The quantitative estimate of drug-likeness (QED) is 0.219. The van der Waals surface area contributed by atoms with Crippen molar-refractivity contribution >= 4 is 8.90 Å². The van der Waals surface area contributed by atoms with Crippen LogP contribution in [0.5, 0.6) is 0 Å². The predicted molar refractivity (Wildman–Crippen MR) is 161 cm³/mol. The van der Waals surface area contributed by atoms with Crippen molar-refractivity contribution in [2.45, 2.75) is 79.1 Å². The Morgan fingerprint density at radius 1 is 0.595 bits per heavy atom. The normalized spacial score (nSPS) is 11.9. The lowest BCUT2D eigenvalue weighted by Crippen LogP contribution is -2.65. The fraction of sp³-hybridized carbons (Fsp3) is 0.424. The first-order valence-electron chi connectivity index (χ1n) is 13.9. The molecule has 0 unspecified atom stereocenters. The van der Waals surface area contributed by atoms with E-state index in [0.29, 0.717) is 23.7 Å². The molecule has 0 N–H and O–H groups in total. The summed E-state index contributed by atoms with van der Waals surface area (Å²) < 4.78 is 7.90. The van der Waals surface area contributed by atoms with Crippen molar-refractivity contribution in [2.24, 2.45) is 0 Å². The first kappa shape index (κ1) is 27.2. The second-order valence-electron chi connectivity index (χ2n) is 11.7. The Bertz CT molecular complexity index is 1220. The van der Waals surface area contributed by atoms with Crippen molar-refractivity contribution in [1.29, 1.82) is 0 Å². The lowest BCUT2D eigenvalue weighted by Gasteiger charge is -2.44. The molecule has 196 valence electrons. The van der Waals surface area contributed by atoms with E-state index in [1.165, 1.54) is 45.0 Å². The molecule has 3 aromatic carbocycles. The maximum absolute atomic E-state index is 2.71. The van der Waals surface area contributed by atoms with Gasteiger partial charge in [-0.2, -0.15) is 0 Å². The molecule has 0 amide bonds. The Labute approximate surface area is 226 Å². The van der Waals surface area contributed by atoms with Crippen LogP contribution in [0, 0.1) is 0 Å². The summed E-state index contributed by atoms with van der Waals surface area (Å²) in [7, 11) is 3.22. The fourth-order valence-electron chi connectivity index (χ4n) is 5.54. The minimum absolute atomic E-state index is 0.444. The van der Waals surface area contributed by atoms with E-state index >= 15 is 0 Å². The van der Waals surface area contributed by atoms with E-state index in [0.717, 1.165) is 0 Å². The topological polar surface area (TPSA) is 12.0 Å². The van der Waals surface area contributed by atoms with Gasteiger partial charge < -0.3 is 13.0 Å². The molecule has 0 fully saturated rings. The van der Waals surface area contributed by atoms with Crippen LogP contribution in [0.3, 0.4) is 0 Å². The number of aromatic nitrogens is 2. The first-order chi connectivity index (χ1) is 17.6. The third kappa shape index (κ3) is 4.88. The van der Waals surface area contributed by atoms with Gasteiger partial charge >= 0.3 is 0 Å². The molecule has 0 spiro atoms. The molecule has 1 heterocycles. The molecule has 0 atom stereocenters. The van der Waals surface area contributed by atoms with Gasteiger partial charge in [0.05, 0.1) is 11.4 Å². The average Bonchev–Trinajstić information content (AvgIpc) is 2.83. The van der Waals surface area contributed by atoms with Crippen LogP contribution in [-0.4, -0.2) is 27.2 Å². The summed E-state index contributed by atoms with van der Waals surface area (Å²) >= 11 is 0. The Kier molecular flexibility index (Phi) is 7.98. The predicted octanol–water partition coefficient (Wildman–Crippen LogP) is 7.86. The van der Waals surface area contributed by atoms with Crippen LogP contribution in [0.4, 0.5) is 0 Å². The lowest BCUT2D eigenvalue weighted by molar-refractivity contribution is -0.549. The Morgan fingerprint density at radius 2 is 1.03 bits per heavy atom. The number of nitrogens with zero attached hydrogens (tertiary/aromatic N) is 3. The molecule has 0 radical (unpaired) electrons. The van der Waals surface area contributed by atoms with Gasteiger partial charge in [-0.15, -0.1) is 0 Å². The Hall–Kier alpha value is -2.85. The smallest absolute Gasteiger partial charge is 0.229 e. The van der Waals surface area contributed by atoms with Crippen LogP contribution < -0.4 is 8.79 Å². The van der Waals surface area contributed by atoms with Gasteiger partial charge in [0.15, 0.2) is 0 Å². The average molecular weight is 512 g/mol. The maximum atomic E-state index is 2.71. The molecule has 0 bridgehead atoms. The molecule has 0 aliphatic heterocycles. The highest BCUT2D eigenvalue weighted by molar-refractivity contribution is 6.43. The molecule has 4 heteroatoms. The summed E-state index contributed by atoms with van der Waals surface area (Å²) in [4.78, 5) is 0. The van der Waals surface area contributed by atoms with Crippen LogP contribution in [0.2, 0.25) is 0 Å². The van der Waals surface area contributed by atoms with Crippen LogP contribution in [0.1, 0.15) is 101 Å². The van der Waals surface area contributed by atoms with Crippen LogP contribution in [0.25, 0.3) is 22.8 Å². The summed E-state index contributed by atoms with van der Waals surface area (Å²) in [5.41, 5.74) is 9.85. The largest absolute Gasteiger partial charge is 0.480 e. The highest BCUT2D eigenvalue weighted by Gasteiger charge is 2.30. The summed E-state index contributed by atoms with van der Waals surface area (Å²) in [5, 5.41) is 0. The molecule has 0 aliphatic carbocycles. The summed E-state index contributed by atoms with van der Waals surface area (Å²) in [6.07, 6.45) is 0.